The zero-order chi connectivity index (χ0) is 9.94. The Labute approximate surface area is 81.6 Å². The molecule has 0 spiro atoms. The summed E-state index contributed by atoms with van der Waals surface area (Å²) in [7, 11) is 1.69. The maximum Gasteiger partial charge on any atom is 0.0700 e. The lowest BCUT2D eigenvalue weighted by Crippen LogP contribution is -2.14. The van der Waals surface area contributed by atoms with Gasteiger partial charge in [0, 0.05) is 13.7 Å². The van der Waals surface area contributed by atoms with Gasteiger partial charge < -0.3 is 15.2 Å². The highest BCUT2D eigenvalue weighted by Gasteiger charge is 2.02. The Morgan fingerprint density at radius 1 is 1.23 bits per heavy atom. The van der Waals surface area contributed by atoms with Crippen molar-refractivity contribution in [2.75, 3.05) is 33.5 Å². The minimum Gasteiger partial charge on any atom is -0.382 e. The molecule has 0 aliphatic rings. The molecule has 0 aromatic heterocycles. The van der Waals surface area contributed by atoms with E-state index in [0.717, 1.165) is 19.6 Å². The molecule has 0 fully saturated rings. The van der Waals surface area contributed by atoms with Crippen LogP contribution in [0.5, 0.6) is 0 Å². The Kier molecular flexibility index (Phi) is 9.87. The standard InChI is InChI=1S/C10H23NO2/c1-3-10(9-11)5-4-6-13-8-7-12-2/h10H,3-9,11H2,1-2H3. The molecule has 3 heteroatoms. The van der Waals surface area contributed by atoms with E-state index in [4.69, 9.17) is 15.2 Å². The highest BCUT2D eigenvalue weighted by atomic mass is 16.5. The first kappa shape index (κ1) is 12.9. The summed E-state index contributed by atoms with van der Waals surface area (Å²) in [6.07, 6.45) is 3.47. The molecular weight excluding hydrogens is 166 g/mol. The van der Waals surface area contributed by atoms with Gasteiger partial charge in [0.25, 0.3) is 0 Å². The number of rotatable bonds is 9. The summed E-state index contributed by atoms with van der Waals surface area (Å²) < 4.78 is 10.2. The molecule has 0 radical (unpaired) electrons. The fourth-order valence-electron chi connectivity index (χ4n) is 1.21. The van der Waals surface area contributed by atoms with E-state index in [2.05, 4.69) is 6.92 Å². The second-order valence-electron chi connectivity index (χ2n) is 3.26. The predicted octanol–water partition coefficient (Wildman–Crippen LogP) is 1.41. The monoisotopic (exact) mass is 189 g/mol. The summed E-state index contributed by atoms with van der Waals surface area (Å²) in [5, 5.41) is 0. The van der Waals surface area contributed by atoms with E-state index in [1.807, 2.05) is 0 Å². The van der Waals surface area contributed by atoms with Crippen molar-refractivity contribution in [3.63, 3.8) is 0 Å². The molecule has 80 valence electrons. The molecule has 1 atom stereocenters. The first-order chi connectivity index (χ1) is 6.35. The van der Waals surface area contributed by atoms with Crippen LogP contribution in [0, 0.1) is 5.92 Å². The van der Waals surface area contributed by atoms with E-state index in [0.29, 0.717) is 19.1 Å². The van der Waals surface area contributed by atoms with Crippen molar-refractivity contribution >= 4 is 0 Å². The Morgan fingerprint density at radius 3 is 2.54 bits per heavy atom. The van der Waals surface area contributed by atoms with Crippen LogP contribution in [0.1, 0.15) is 26.2 Å². The first-order valence-electron chi connectivity index (χ1n) is 5.11. The van der Waals surface area contributed by atoms with Crippen LogP contribution in [-0.2, 0) is 9.47 Å². The molecule has 13 heavy (non-hydrogen) atoms. The third kappa shape index (κ3) is 8.22. The normalized spacial score (nSPS) is 13.2. The molecule has 0 aromatic rings. The quantitative estimate of drug-likeness (QED) is 0.558. The van der Waals surface area contributed by atoms with E-state index in [1.165, 1.54) is 12.8 Å². The Hall–Kier alpha value is -0.120. The largest absolute Gasteiger partial charge is 0.382 e. The molecule has 2 N–H and O–H groups in total. The van der Waals surface area contributed by atoms with Gasteiger partial charge in [0.2, 0.25) is 0 Å². The molecule has 1 unspecified atom stereocenters. The van der Waals surface area contributed by atoms with Crippen LogP contribution in [-0.4, -0.2) is 33.5 Å². The molecule has 0 bridgehead atoms. The van der Waals surface area contributed by atoms with Crippen LogP contribution < -0.4 is 5.73 Å². The minimum atomic E-state index is 0.672. The average molecular weight is 189 g/mol. The van der Waals surface area contributed by atoms with Gasteiger partial charge in [-0.3, -0.25) is 0 Å². The number of nitrogens with two attached hydrogens (primary N) is 1. The van der Waals surface area contributed by atoms with Crippen molar-refractivity contribution in [3.05, 3.63) is 0 Å². The number of hydrogen-bond acceptors (Lipinski definition) is 3. The summed E-state index contributed by atoms with van der Waals surface area (Å²) >= 11 is 0. The van der Waals surface area contributed by atoms with Crippen LogP contribution in [0.3, 0.4) is 0 Å². The zero-order valence-electron chi connectivity index (χ0n) is 8.92. The molecular formula is C10H23NO2. The third-order valence-electron chi connectivity index (χ3n) is 2.24. The maximum absolute atomic E-state index is 5.58. The molecule has 0 rings (SSSR count). The van der Waals surface area contributed by atoms with Gasteiger partial charge >= 0.3 is 0 Å². The van der Waals surface area contributed by atoms with Crippen LogP contribution in [0.15, 0.2) is 0 Å². The van der Waals surface area contributed by atoms with Crippen molar-refractivity contribution in [3.8, 4) is 0 Å². The summed E-state index contributed by atoms with van der Waals surface area (Å²) in [4.78, 5) is 0. The van der Waals surface area contributed by atoms with Gasteiger partial charge in [-0.1, -0.05) is 13.3 Å². The third-order valence-corrected chi connectivity index (χ3v) is 2.24. The SMILES string of the molecule is CCC(CN)CCCOCCOC. The first-order valence-corrected chi connectivity index (χ1v) is 5.11. The maximum atomic E-state index is 5.58. The minimum absolute atomic E-state index is 0.672. The van der Waals surface area contributed by atoms with Gasteiger partial charge in [-0.15, -0.1) is 0 Å². The second-order valence-corrected chi connectivity index (χ2v) is 3.26. The van der Waals surface area contributed by atoms with E-state index < -0.39 is 0 Å². The van der Waals surface area contributed by atoms with Crippen molar-refractivity contribution in [2.24, 2.45) is 11.7 Å². The van der Waals surface area contributed by atoms with Gasteiger partial charge in [-0.2, -0.15) is 0 Å². The van der Waals surface area contributed by atoms with Crippen molar-refractivity contribution in [1.29, 1.82) is 0 Å². The molecule has 0 aliphatic heterocycles. The van der Waals surface area contributed by atoms with Gasteiger partial charge in [-0.05, 0) is 25.3 Å². The molecule has 0 heterocycles. The van der Waals surface area contributed by atoms with Crippen LogP contribution in [0.2, 0.25) is 0 Å². The Morgan fingerprint density at radius 2 is 2.00 bits per heavy atom. The van der Waals surface area contributed by atoms with Gasteiger partial charge in [-0.25, -0.2) is 0 Å². The lowest BCUT2D eigenvalue weighted by Gasteiger charge is -2.11. The van der Waals surface area contributed by atoms with Crippen LogP contribution in [0.4, 0.5) is 0 Å². The van der Waals surface area contributed by atoms with E-state index in [1.54, 1.807) is 7.11 Å². The van der Waals surface area contributed by atoms with E-state index in [9.17, 15) is 0 Å². The van der Waals surface area contributed by atoms with Crippen LogP contribution >= 0.6 is 0 Å². The zero-order valence-corrected chi connectivity index (χ0v) is 8.92. The summed E-state index contributed by atoms with van der Waals surface area (Å²) in [6, 6.07) is 0. The Balaban J connectivity index is 3.05. The molecule has 0 saturated carbocycles. The van der Waals surface area contributed by atoms with Crippen molar-refractivity contribution in [1.82, 2.24) is 0 Å². The summed E-state index contributed by atoms with van der Waals surface area (Å²) in [6.45, 7) is 5.21. The highest BCUT2D eigenvalue weighted by Crippen LogP contribution is 2.08. The van der Waals surface area contributed by atoms with Gasteiger partial charge in [0.1, 0.15) is 0 Å². The average Bonchev–Trinajstić information content (AvgIpc) is 2.17. The predicted molar refractivity (Wildman–Crippen MR) is 54.8 cm³/mol. The van der Waals surface area contributed by atoms with E-state index >= 15 is 0 Å². The number of ether oxygens (including phenoxy) is 2. The summed E-state index contributed by atoms with van der Waals surface area (Å²) in [5.74, 6) is 0.672. The Bertz CT molecular complexity index is 94.9. The lowest BCUT2D eigenvalue weighted by atomic mass is 10.0. The lowest BCUT2D eigenvalue weighted by molar-refractivity contribution is 0.0672. The number of hydrogen-bond donors (Lipinski definition) is 1. The molecule has 0 saturated heterocycles. The molecule has 0 aromatic carbocycles. The second kappa shape index (κ2) is 9.96. The van der Waals surface area contributed by atoms with Gasteiger partial charge in [0.15, 0.2) is 0 Å². The highest BCUT2D eigenvalue weighted by molar-refractivity contribution is 4.56. The van der Waals surface area contributed by atoms with Crippen molar-refractivity contribution in [2.45, 2.75) is 26.2 Å². The van der Waals surface area contributed by atoms with Gasteiger partial charge in [0.05, 0.1) is 13.2 Å². The fraction of sp³-hybridized carbons (Fsp3) is 1.00. The molecule has 0 aliphatic carbocycles. The van der Waals surface area contributed by atoms with Crippen molar-refractivity contribution < 1.29 is 9.47 Å². The fourth-order valence-corrected chi connectivity index (χ4v) is 1.21. The van der Waals surface area contributed by atoms with Crippen LogP contribution in [0.25, 0.3) is 0 Å². The smallest absolute Gasteiger partial charge is 0.0700 e. The molecule has 3 nitrogen and oxygen atoms in total. The number of methoxy groups -OCH3 is 1. The summed E-state index contributed by atoms with van der Waals surface area (Å²) in [5.41, 5.74) is 5.58. The molecule has 0 amide bonds. The topological polar surface area (TPSA) is 44.5 Å². The van der Waals surface area contributed by atoms with E-state index in [-0.39, 0.29) is 0 Å².